The Morgan fingerprint density at radius 3 is 2.75 bits per heavy atom. The second-order valence-corrected chi connectivity index (χ2v) is 5.67. The van der Waals surface area contributed by atoms with Crippen molar-refractivity contribution in [3.05, 3.63) is 46.2 Å². The molecule has 1 unspecified atom stereocenters. The average molecular weight is 286 g/mol. The fourth-order valence-electron chi connectivity index (χ4n) is 2.92. The number of nitrogens with zero attached hydrogens (tertiary/aromatic N) is 2. The quantitative estimate of drug-likeness (QED) is 0.880. The van der Waals surface area contributed by atoms with Crippen molar-refractivity contribution in [2.24, 2.45) is 0 Å². The third-order valence-corrected chi connectivity index (χ3v) is 4.25. The van der Waals surface area contributed by atoms with Gasteiger partial charge in [-0.1, -0.05) is 42.5 Å². The first-order valence-electron chi connectivity index (χ1n) is 7.03. The highest BCUT2D eigenvalue weighted by Crippen LogP contribution is 2.30. The summed E-state index contributed by atoms with van der Waals surface area (Å²) in [6.07, 6.45) is 3.15. The van der Waals surface area contributed by atoms with Crippen LogP contribution in [0, 0.1) is 4.64 Å². The molecule has 20 heavy (non-hydrogen) atoms. The molecule has 1 N–H and O–H groups in total. The number of aliphatic hydroxyl groups is 1. The van der Waals surface area contributed by atoms with Gasteiger partial charge in [0.2, 0.25) is 0 Å². The van der Waals surface area contributed by atoms with Crippen LogP contribution in [0.5, 0.6) is 0 Å². The Morgan fingerprint density at radius 1 is 1.30 bits per heavy atom. The van der Waals surface area contributed by atoms with Gasteiger partial charge in [0.1, 0.15) is 10.5 Å². The second kappa shape index (κ2) is 5.46. The SMILES string of the molecule is CC(CO)n1c(-c2ccccc2)nc(=S)c2c1CCC2. The maximum Gasteiger partial charge on any atom is 0.142 e. The minimum atomic E-state index is 0.0140. The molecule has 1 aromatic carbocycles. The van der Waals surface area contributed by atoms with E-state index in [4.69, 9.17) is 12.2 Å². The van der Waals surface area contributed by atoms with Crippen molar-refractivity contribution in [3.63, 3.8) is 0 Å². The minimum Gasteiger partial charge on any atom is -0.394 e. The molecular weight excluding hydrogens is 268 g/mol. The first-order chi connectivity index (χ1) is 9.72. The van der Waals surface area contributed by atoms with E-state index in [-0.39, 0.29) is 12.6 Å². The van der Waals surface area contributed by atoms with Gasteiger partial charge in [0.05, 0.1) is 12.6 Å². The highest BCUT2D eigenvalue weighted by molar-refractivity contribution is 7.71. The van der Waals surface area contributed by atoms with Gasteiger partial charge in [0, 0.05) is 16.8 Å². The summed E-state index contributed by atoms with van der Waals surface area (Å²) in [6.45, 7) is 2.13. The van der Waals surface area contributed by atoms with Crippen LogP contribution < -0.4 is 0 Å². The van der Waals surface area contributed by atoms with Gasteiger partial charge in [-0.3, -0.25) is 0 Å². The molecule has 1 aromatic heterocycles. The number of hydrogen-bond acceptors (Lipinski definition) is 3. The van der Waals surface area contributed by atoms with E-state index in [1.165, 1.54) is 11.3 Å². The van der Waals surface area contributed by atoms with Crippen molar-refractivity contribution in [3.8, 4) is 11.4 Å². The molecule has 1 aliphatic carbocycles. The largest absolute Gasteiger partial charge is 0.394 e. The molecule has 0 saturated heterocycles. The molecule has 0 radical (unpaired) electrons. The van der Waals surface area contributed by atoms with Gasteiger partial charge >= 0.3 is 0 Å². The first-order valence-corrected chi connectivity index (χ1v) is 7.43. The lowest BCUT2D eigenvalue weighted by molar-refractivity contribution is 0.236. The standard InChI is InChI=1S/C16H18N2OS/c1-11(10-19)18-14-9-5-8-13(14)16(20)17-15(18)12-6-3-2-4-7-12/h2-4,6-7,11,19H,5,8-10H2,1H3. The maximum absolute atomic E-state index is 9.59. The molecule has 0 saturated carbocycles. The smallest absolute Gasteiger partial charge is 0.142 e. The molecule has 0 fully saturated rings. The van der Waals surface area contributed by atoms with Crippen molar-refractivity contribution < 1.29 is 5.11 Å². The van der Waals surface area contributed by atoms with Crippen molar-refractivity contribution in [1.29, 1.82) is 0 Å². The average Bonchev–Trinajstić information content (AvgIpc) is 2.97. The Bertz CT molecular complexity index is 679. The molecular formula is C16H18N2OS. The first kappa shape index (κ1) is 13.5. The number of aromatic nitrogens is 2. The highest BCUT2D eigenvalue weighted by Gasteiger charge is 2.22. The van der Waals surface area contributed by atoms with Gasteiger partial charge in [-0.05, 0) is 26.2 Å². The zero-order chi connectivity index (χ0) is 14.1. The molecule has 4 heteroatoms. The van der Waals surface area contributed by atoms with Gasteiger partial charge < -0.3 is 9.67 Å². The molecule has 0 aliphatic heterocycles. The molecule has 0 amide bonds. The normalized spacial score (nSPS) is 15.1. The molecule has 104 valence electrons. The topological polar surface area (TPSA) is 38.0 Å². The molecule has 1 aliphatic rings. The fourth-order valence-corrected chi connectivity index (χ4v) is 3.22. The van der Waals surface area contributed by atoms with Crippen molar-refractivity contribution in [2.75, 3.05) is 6.61 Å². The summed E-state index contributed by atoms with van der Waals surface area (Å²) in [6, 6.07) is 10.1. The van der Waals surface area contributed by atoms with E-state index in [9.17, 15) is 5.11 Å². The zero-order valence-corrected chi connectivity index (χ0v) is 12.4. The van der Waals surface area contributed by atoms with Gasteiger partial charge in [-0.2, -0.15) is 0 Å². The van der Waals surface area contributed by atoms with E-state index in [0.717, 1.165) is 35.3 Å². The van der Waals surface area contributed by atoms with E-state index in [2.05, 4.69) is 9.55 Å². The number of benzene rings is 1. The van der Waals surface area contributed by atoms with Gasteiger partial charge in [-0.25, -0.2) is 4.98 Å². The van der Waals surface area contributed by atoms with Crippen LogP contribution in [0.15, 0.2) is 30.3 Å². The van der Waals surface area contributed by atoms with E-state index < -0.39 is 0 Å². The van der Waals surface area contributed by atoms with Crippen LogP contribution >= 0.6 is 12.2 Å². The number of aliphatic hydroxyl groups excluding tert-OH is 1. The molecule has 0 spiro atoms. The summed E-state index contributed by atoms with van der Waals surface area (Å²) in [5, 5.41) is 9.59. The van der Waals surface area contributed by atoms with Gasteiger partial charge in [0.25, 0.3) is 0 Å². The van der Waals surface area contributed by atoms with Crippen LogP contribution in [0.2, 0.25) is 0 Å². The highest BCUT2D eigenvalue weighted by atomic mass is 32.1. The summed E-state index contributed by atoms with van der Waals surface area (Å²) in [5.74, 6) is 0.873. The Kier molecular flexibility index (Phi) is 3.68. The summed E-state index contributed by atoms with van der Waals surface area (Å²) in [4.78, 5) is 4.65. The lowest BCUT2D eigenvalue weighted by Gasteiger charge is -2.22. The van der Waals surface area contributed by atoms with Gasteiger partial charge in [-0.15, -0.1) is 0 Å². The summed E-state index contributed by atoms with van der Waals surface area (Å²) < 4.78 is 2.89. The number of rotatable bonds is 3. The second-order valence-electron chi connectivity index (χ2n) is 5.29. The Hall–Kier alpha value is -1.52. The Labute approximate surface area is 123 Å². The maximum atomic E-state index is 9.59. The molecule has 3 rings (SSSR count). The monoisotopic (exact) mass is 286 g/mol. The molecule has 1 heterocycles. The fraction of sp³-hybridized carbons (Fsp3) is 0.375. The van der Waals surface area contributed by atoms with Crippen molar-refractivity contribution >= 4 is 12.2 Å². The van der Waals surface area contributed by atoms with E-state index in [1.807, 2.05) is 37.3 Å². The Balaban J connectivity index is 2.29. The predicted molar refractivity (Wildman–Crippen MR) is 82.3 cm³/mol. The van der Waals surface area contributed by atoms with Crippen LogP contribution in [0.3, 0.4) is 0 Å². The summed E-state index contributed by atoms with van der Waals surface area (Å²) in [5.41, 5.74) is 3.50. The molecule has 1 atom stereocenters. The molecule has 0 bridgehead atoms. The molecule has 3 nitrogen and oxygen atoms in total. The number of hydrogen-bond donors (Lipinski definition) is 1. The van der Waals surface area contributed by atoms with Crippen molar-refractivity contribution in [1.82, 2.24) is 9.55 Å². The van der Waals surface area contributed by atoms with Crippen LogP contribution in [0.25, 0.3) is 11.4 Å². The zero-order valence-electron chi connectivity index (χ0n) is 11.5. The lowest BCUT2D eigenvalue weighted by atomic mass is 10.1. The van der Waals surface area contributed by atoms with E-state index in [0.29, 0.717) is 0 Å². The summed E-state index contributed by atoms with van der Waals surface area (Å²) >= 11 is 5.46. The van der Waals surface area contributed by atoms with Crippen LogP contribution in [0.4, 0.5) is 0 Å². The summed E-state index contributed by atoms with van der Waals surface area (Å²) in [7, 11) is 0. The van der Waals surface area contributed by atoms with Gasteiger partial charge in [0.15, 0.2) is 0 Å². The van der Waals surface area contributed by atoms with Crippen molar-refractivity contribution in [2.45, 2.75) is 32.2 Å². The Morgan fingerprint density at radius 2 is 2.05 bits per heavy atom. The van der Waals surface area contributed by atoms with Crippen LogP contribution in [-0.4, -0.2) is 21.3 Å². The van der Waals surface area contributed by atoms with Crippen LogP contribution in [-0.2, 0) is 12.8 Å². The third kappa shape index (κ3) is 2.19. The van der Waals surface area contributed by atoms with E-state index in [1.54, 1.807) is 0 Å². The predicted octanol–water partition coefficient (Wildman–Crippen LogP) is 3.32. The lowest BCUT2D eigenvalue weighted by Crippen LogP contribution is -2.18. The van der Waals surface area contributed by atoms with E-state index >= 15 is 0 Å². The minimum absolute atomic E-state index is 0.0140. The number of fused-ring (bicyclic) bond motifs is 1. The molecule has 2 aromatic rings. The van der Waals surface area contributed by atoms with Crippen LogP contribution in [0.1, 0.15) is 30.6 Å². The third-order valence-electron chi connectivity index (χ3n) is 3.91.